The fourth-order valence-electron chi connectivity index (χ4n) is 6.51. The first kappa shape index (κ1) is 38.0. The quantitative estimate of drug-likeness (QED) is 0.119. The van der Waals surface area contributed by atoms with Gasteiger partial charge < -0.3 is 9.73 Å². The number of aliphatic imine (C=N–C) groups is 1. The first-order valence-corrected chi connectivity index (χ1v) is 17.3. The van der Waals surface area contributed by atoms with Crippen molar-refractivity contribution in [2.75, 3.05) is 0 Å². The number of fused-ring (bicyclic) bond motifs is 6. The van der Waals surface area contributed by atoms with Crippen LogP contribution in [0.15, 0.2) is 94.0 Å². The van der Waals surface area contributed by atoms with Crippen LogP contribution in [0.2, 0.25) is 0 Å². The molecule has 6 aromatic rings. The van der Waals surface area contributed by atoms with Crippen molar-refractivity contribution in [3.05, 3.63) is 107 Å². The Morgan fingerprint density at radius 3 is 2.16 bits per heavy atom. The Labute approximate surface area is 306 Å². The molecule has 4 nitrogen and oxygen atoms in total. The number of allylic oxidation sites excluding steroid dienone is 2. The normalized spacial score (nSPS) is 12.7. The summed E-state index contributed by atoms with van der Waals surface area (Å²) < 4.78 is 6.69. The average molecular weight is 830 g/mol. The van der Waals surface area contributed by atoms with Crippen LogP contribution in [0.4, 0.5) is 0 Å². The van der Waals surface area contributed by atoms with E-state index in [1.807, 2.05) is 26.0 Å². The molecule has 0 spiro atoms. The van der Waals surface area contributed by atoms with Crippen LogP contribution in [0.3, 0.4) is 0 Å². The van der Waals surface area contributed by atoms with Gasteiger partial charge in [-0.1, -0.05) is 121 Å². The van der Waals surface area contributed by atoms with E-state index >= 15 is 0 Å². The maximum atomic E-state index is 6.69. The number of furan rings is 1. The van der Waals surface area contributed by atoms with Gasteiger partial charge in [-0.25, -0.2) is 0 Å². The van der Waals surface area contributed by atoms with E-state index in [2.05, 4.69) is 145 Å². The zero-order valence-electron chi connectivity index (χ0n) is 31.0. The second-order valence-corrected chi connectivity index (χ2v) is 14.9. The van der Waals surface area contributed by atoms with E-state index in [4.69, 9.17) is 9.40 Å². The summed E-state index contributed by atoms with van der Waals surface area (Å²) in [5.74, 6) is 0.548. The minimum absolute atomic E-state index is 0. The molecule has 5 heteroatoms. The molecule has 0 unspecified atom stereocenters. The Bertz CT molecular complexity index is 2130. The Morgan fingerprint density at radius 2 is 1.51 bits per heavy atom. The Hall–Kier alpha value is -3.79. The zero-order valence-corrected chi connectivity index (χ0v) is 33.4. The molecule has 0 saturated carbocycles. The van der Waals surface area contributed by atoms with Crippen LogP contribution in [0.1, 0.15) is 87.3 Å². The summed E-state index contributed by atoms with van der Waals surface area (Å²) >= 11 is 0. The molecular formula is C44H51IrN3O-2. The van der Waals surface area contributed by atoms with Gasteiger partial charge in [0.15, 0.2) is 0 Å². The van der Waals surface area contributed by atoms with Gasteiger partial charge in [0, 0.05) is 53.7 Å². The topological polar surface area (TPSA) is 52.5 Å². The molecule has 2 heterocycles. The van der Waals surface area contributed by atoms with Gasteiger partial charge in [-0.05, 0) is 56.2 Å². The van der Waals surface area contributed by atoms with E-state index < -0.39 is 0 Å². The van der Waals surface area contributed by atoms with Gasteiger partial charge in [0.05, 0.1) is 5.52 Å². The van der Waals surface area contributed by atoms with Crippen molar-refractivity contribution >= 4 is 49.3 Å². The number of nitrogens with zero attached hydrogens (tertiary/aromatic N) is 3. The number of benzene rings is 4. The largest absolute Gasteiger partial charge is 0.686 e. The molecule has 0 amide bonds. The summed E-state index contributed by atoms with van der Waals surface area (Å²) in [5, 5.41) is 10.0. The van der Waals surface area contributed by atoms with Crippen molar-refractivity contribution in [2.24, 2.45) is 10.9 Å². The fraction of sp³-hybridized carbons (Fsp3) is 0.364. The SMILES string of the molecule is CC(/C=C(/C)[N-]C(C)C)=NC(C)C.CC(C)Cc1cccc2c1oc1c3ccccc3nc(-c3[c-]c4ccccc4c(C(C)(C)C)c3)c21.[Ir]. The van der Waals surface area contributed by atoms with Crippen LogP contribution in [0, 0.1) is 12.0 Å². The molecule has 6 rings (SSSR count). The van der Waals surface area contributed by atoms with Gasteiger partial charge in [0.25, 0.3) is 0 Å². The third-order valence-corrected chi connectivity index (χ3v) is 8.22. The molecule has 4 aromatic carbocycles. The van der Waals surface area contributed by atoms with Gasteiger partial charge in [0.2, 0.25) is 0 Å². The van der Waals surface area contributed by atoms with Crippen molar-refractivity contribution in [3.8, 4) is 11.3 Å². The van der Waals surface area contributed by atoms with Crippen LogP contribution >= 0.6 is 0 Å². The van der Waals surface area contributed by atoms with E-state index in [-0.39, 0.29) is 25.5 Å². The monoisotopic (exact) mass is 830 g/mol. The summed E-state index contributed by atoms with van der Waals surface area (Å²) in [7, 11) is 0. The summed E-state index contributed by atoms with van der Waals surface area (Å²) in [6, 6.07) is 30.1. The van der Waals surface area contributed by atoms with E-state index in [1.54, 1.807) is 0 Å². The van der Waals surface area contributed by atoms with Crippen molar-refractivity contribution in [1.29, 1.82) is 0 Å². The third kappa shape index (κ3) is 8.87. The van der Waals surface area contributed by atoms with Crippen molar-refractivity contribution in [3.63, 3.8) is 0 Å². The molecule has 0 N–H and O–H groups in total. The van der Waals surface area contributed by atoms with Crippen molar-refractivity contribution in [2.45, 2.75) is 100 Å². The minimum atomic E-state index is -0.0116. The molecular weight excluding hydrogens is 779 g/mol. The summed E-state index contributed by atoms with van der Waals surface area (Å²) in [6.07, 6.45) is 3.01. The van der Waals surface area contributed by atoms with E-state index in [0.717, 1.165) is 67.3 Å². The van der Waals surface area contributed by atoms with Gasteiger partial charge in [-0.15, -0.1) is 35.2 Å². The van der Waals surface area contributed by atoms with E-state index in [0.29, 0.717) is 18.0 Å². The van der Waals surface area contributed by atoms with Gasteiger partial charge in [-0.3, -0.25) is 9.98 Å². The molecule has 0 atom stereocenters. The van der Waals surface area contributed by atoms with E-state index in [1.165, 1.54) is 16.5 Å². The Morgan fingerprint density at radius 1 is 0.857 bits per heavy atom. The molecule has 2 aromatic heterocycles. The van der Waals surface area contributed by atoms with Crippen molar-refractivity contribution in [1.82, 2.24) is 4.98 Å². The minimum Gasteiger partial charge on any atom is -0.686 e. The molecule has 0 saturated heterocycles. The molecule has 0 aliphatic carbocycles. The number of hydrogen-bond acceptors (Lipinski definition) is 3. The Kier molecular flexibility index (Phi) is 12.3. The van der Waals surface area contributed by atoms with Gasteiger partial charge in [0.1, 0.15) is 11.2 Å². The number of pyridine rings is 1. The predicted molar refractivity (Wildman–Crippen MR) is 209 cm³/mol. The smallest absolute Gasteiger partial charge is 0.139 e. The van der Waals surface area contributed by atoms with Crippen LogP contribution < -0.4 is 0 Å². The molecule has 259 valence electrons. The molecule has 0 aliphatic heterocycles. The summed E-state index contributed by atoms with van der Waals surface area (Å²) in [5.41, 5.74) is 9.44. The third-order valence-electron chi connectivity index (χ3n) is 8.22. The Balaban J connectivity index is 0.000000332. The average Bonchev–Trinajstić information content (AvgIpc) is 3.40. The molecule has 0 bridgehead atoms. The first-order chi connectivity index (χ1) is 22.7. The molecule has 0 aliphatic rings. The van der Waals surface area contributed by atoms with Crippen LogP contribution in [-0.2, 0) is 31.9 Å². The second-order valence-electron chi connectivity index (χ2n) is 14.9. The second kappa shape index (κ2) is 15.8. The number of para-hydroxylation sites is 2. The van der Waals surface area contributed by atoms with Gasteiger partial charge in [-0.2, -0.15) is 5.70 Å². The van der Waals surface area contributed by atoms with Crippen LogP contribution in [0.25, 0.3) is 60.2 Å². The zero-order chi connectivity index (χ0) is 34.7. The summed E-state index contributed by atoms with van der Waals surface area (Å²) in [4.78, 5) is 9.63. The number of hydrogen-bond donors (Lipinski definition) is 0. The first-order valence-electron chi connectivity index (χ1n) is 17.3. The van der Waals surface area contributed by atoms with Crippen molar-refractivity contribution < 1.29 is 24.5 Å². The van der Waals surface area contributed by atoms with Gasteiger partial charge >= 0.3 is 0 Å². The number of aromatic nitrogens is 1. The van der Waals surface area contributed by atoms with Crippen LogP contribution in [0.5, 0.6) is 0 Å². The van der Waals surface area contributed by atoms with E-state index in [9.17, 15) is 0 Å². The maximum Gasteiger partial charge on any atom is 0.139 e. The predicted octanol–water partition coefficient (Wildman–Crippen LogP) is 12.8. The van der Waals surface area contributed by atoms with Crippen LogP contribution in [-0.4, -0.2) is 22.8 Å². The fourth-order valence-corrected chi connectivity index (χ4v) is 6.51. The molecule has 1 radical (unpaired) electrons. The molecule has 49 heavy (non-hydrogen) atoms. The summed E-state index contributed by atoms with van der Waals surface area (Å²) in [6.45, 7) is 23.6. The maximum absolute atomic E-state index is 6.69. The molecule has 0 fully saturated rings. The number of rotatable bonds is 7. The standard InChI is InChI=1S/C33H30NO.C11H21N2.Ir/c1-20(2)17-22-12-10-15-26-29-30(34-28-16-9-8-14-25(28)32(29)35-31(22)26)23-18-21-11-6-7-13-24(21)27(19-23)33(3,4)5;1-8(2)12-10(5)7-11(6)13-9(3)4;/h6-16,19-20H,17H2,1-5H3;7-9H,1-6H3;/q2*-1;/b;10-7-,13-11?;.